The molecule has 2 aromatic carbocycles. The van der Waals surface area contributed by atoms with E-state index in [4.69, 9.17) is 23.2 Å². The van der Waals surface area contributed by atoms with Gasteiger partial charge in [-0.3, -0.25) is 19.3 Å². The van der Waals surface area contributed by atoms with Crippen LogP contribution in [0.4, 0.5) is 11.4 Å². The van der Waals surface area contributed by atoms with Crippen molar-refractivity contribution in [3.8, 4) is 0 Å². The van der Waals surface area contributed by atoms with E-state index in [0.717, 1.165) is 12.8 Å². The molecule has 2 aromatic rings. The van der Waals surface area contributed by atoms with E-state index >= 15 is 0 Å². The van der Waals surface area contributed by atoms with Crippen LogP contribution in [0.1, 0.15) is 18.4 Å². The number of rotatable bonds is 1. The van der Waals surface area contributed by atoms with Crippen LogP contribution >= 0.6 is 23.2 Å². The lowest BCUT2D eigenvalue weighted by molar-refractivity contribution is -0.135. The molecule has 3 fully saturated rings. The van der Waals surface area contributed by atoms with Gasteiger partial charge in [0.05, 0.1) is 17.5 Å². The molecule has 1 N–H and O–H groups in total. The average Bonchev–Trinajstić information content (AvgIpc) is 3.42. The monoisotopic (exact) mass is 441 g/mol. The number of fused-ring (bicyclic) bond motifs is 7. The van der Waals surface area contributed by atoms with Gasteiger partial charge < -0.3 is 5.32 Å². The highest BCUT2D eigenvalue weighted by Gasteiger charge is 2.74. The Morgan fingerprint density at radius 3 is 2.47 bits per heavy atom. The fraction of sp³-hybridized carbons (Fsp3) is 0.318. The van der Waals surface area contributed by atoms with Gasteiger partial charge in [0.1, 0.15) is 5.54 Å². The zero-order valence-corrected chi connectivity index (χ0v) is 17.3. The lowest BCUT2D eigenvalue weighted by Gasteiger charge is -2.36. The van der Waals surface area contributed by atoms with Gasteiger partial charge in [0.25, 0.3) is 0 Å². The van der Waals surface area contributed by atoms with Crippen LogP contribution in [0.5, 0.6) is 0 Å². The molecule has 8 heteroatoms. The Labute approximate surface area is 182 Å². The van der Waals surface area contributed by atoms with Crippen molar-refractivity contribution in [3.05, 3.63) is 58.1 Å². The molecule has 6 rings (SSSR count). The van der Waals surface area contributed by atoms with Gasteiger partial charge in [-0.2, -0.15) is 0 Å². The normalized spacial score (nSPS) is 32.0. The minimum atomic E-state index is -1.21. The summed E-state index contributed by atoms with van der Waals surface area (Å²) in [4.78, 5) is 44.1. The molecular formula is C22H17Cl2N3O3. The van der Waals surface area contributed by atoms with Crippen molar-refractivity contribution >= 4 is 52.3 Å². The molecule has 4 atom stereocenters. The maximum atomic E-state index is 13.7. The second kappa shape index (κ2) is 6.06. The number of carbonyl (C=O) groups is 3. The zero-order chi connectivity index (χ0) is 20.8. The summed E-state index contributed by atoms with van der Waals surface area (Å²) in [5.74, 6) is -2.19. The Bertz CT molecular complexity index is 1130. The van der Waals surface area contributed by atoms with Gasteiger partial charge in [0, 0.05) is 27.3 Å². The van der Waals surface area contributed by atoms with Crippen LogP contribution in [0, 0.1) is 11.8 Å². The number of halogens is 2. The molecule has 152 valence electrons. The van der Waals surface area contributed by atoms with Crippen LogP contribution in [-0.2, 0) is 19.9 Å². The predicted molar refractivity (Wildman–Crippen MR) is 112 cm³/mol. The van der Waals surface area contributed by atoms with Crippen LogP contribution in [0.15, 0.2) is 42.5 Å². The fourth-order valence-electron chi connectivity index (χ4n) is 6.02. The fourth-order valence-corrected chi connectivity index (χ4v) is 6.32. The first-order valence-corrected chi connectivity index (χ1v) is 10.7. The summed E-state index contributed by atoms with van der Waals surface area (Å²) in [5.41, 5.74) is 0.618. The van der Waals surface area contributed by atoms with Crippen molar-refractivity contribution in [1.29, 1.82) is 0 Å². The van der Waals surface area contributed by atoms with Gasteiger partial charge in [0.2, 0.25) is 17.7 Å². The van der Waals surface area contributed by atoms with Crippen LogP contribution in [0.25, 0.3) is 0 Å². The molecule has 6 nitrogen and oxygen atoms in total. The lowest BCUT2D eigenvalue weighted by Crippen LogP contribution is -2.54. The van der Waals surface area contributed by atoms with E-state index in [-0.39, 0.29) is 23.8 Å². The molecule has 4 aliphatic rings. The molecule has 4 heterocycles. The van der Waals surface area contributed by atoms with Gasteiger partial charge in [-0.1, -0.05) is 23.2 Å². The summed E-state index contributed by atoms with van der Waals surface area (Å²) in [5, 5.41) is 3.96. The molecule has 1 spiro atoms. The third-order valence-electron chi connectivity index (χ3n) is 7.04. The van der Waals surface area contributed by atoms with E-state index in [9.17, 15) is 14.4 Å². The van der Waals surface area contributed by atoms with E-state index < -0.39 is 17.4 Å². The molecule has 0 bridgehead atoms. The smallest absolute Gasteiger partial charge is 0.250 e. The average molecular weight is 442 g/mol. The number of anilines is 2. The molecule has 0 aromatic heterocycles. The Kier molecular flexibility index (Phi) is 3.71. The van der Waals surface area contributed by atoms with E-state index in [1.165, 1.54) is 4.90 Å². The quantitative estimate of drug-likeness (QED) is 0.688. The molecule has 0 unspecified atom stereocenters. The highest BCUT2D eigenvalue weighted by molar-refractivity contribution is 6.32. The Hall–Kier alpha value is -2.41. The zero-order valence-electron chi connectivity index (χ0n) is 15.8. The summed E-state index contributed by atoms with van der Waals surface area (Å²) >= 11 is 12.3. The Balaban J connectivity index is 1.56. The van der Waals surface area contributed by atoms with E-state index in [1.807, 2.05) is 0 Å². The molecule has 3 saturated heterocycles. The molecular weight excluding hydrogens is 425 g/mol. The van der Waals surface area contributed by atoms with Crippen molar-refractivity contribution < 1.29 is 14.4 Å². The van der Waals surface area contributed by atoms with Crippen LogP contribution in [-0.4, -0.2) is 35.2 Å². The van der Waals surface area contributed by atoms with Gasteiger partial charge in [-0.15, -0.1) is 0 Å². The summed E-state index contributed by atoms with van der Waals surface area (Å²) in [6.45, 7) is 0.665. The van der Waals surface area contributed by atoms with Crippen LogP contribution in [0.2, 0.25) is 10.0 Å². The molecule has 0 radical (unpaired) electrons. The highest BCUT2D eigenvalue weighted by Crippen LogP contribution is 2.60. The van der Waals surface area contributed by atoms with Gasteiger partial charge in [-0.05, 0) is 61.9 Å². The Morgan fingerprint density at radius 2 is 1.70 bits per heavy atom. The second-order valence-corrected chi connectivity index (χ2v) is 9.18. The minimum Gasteiger partial charge on any atom is -0.324 e. The van der Waals surface area contributed by atoms with Gasteiger partial charge in [0.15, 0.2) is 0 Å². The van der Waals surface area contributed by atoms with Gasteiger partial charge >= 0.3 is 0 Å². The first-order valence-electron chi connectivity index (χ1n) is 9.96. The van der Waals surface area contributed by atoms with Crippen molar-refractivity contribution in [2.45, 2.75) is 24.4 Å². The second-order valence-electron chi connectivity index (χ2n) is 8.31. The maximum absolute atomic E-state index is 13.7. The number of nitrogens with one attached hydrogen (secondary N) is 1. The number of nitrogens with zero attached hydrogens (tertiary/aromatic N) is 2. The summed E-state index contributed by atoms with van der Waals surface area (Å²) in [6.07, 6.45) is 1.65. The van der Waals surface area contributed by atoms with Crippen molar-refractivity contribution in [2.75, 3.05) is 16.8 Å². The number of benzene rings is 2. The number of hydrogen-bond donors (Lipinski definition) is 1. The number of hydrogen-bond acceptors (Lipinski definition) is 4. The van der Waals surface area contributed by atoms with E-state index in [2.05, 4.69) is 10.2 Å². The third-order valence-corrected chi connectivity index (χ3v) is 7.53. The number of amides is 3. The minimum absolute atomic E-state index is 0.153. The molecule has 0 saturated carbocycles. The van der Waals surface area contributed by atoms with E-state index in [0.29, 0.717) is 33.5 Å². The topological polar surface area (TPSA) is 69.7 Å². The maximum Gasteiger partial charge on any atom is 0.250 e. The van der Waals surface area contributed by atoms with Crippen LogP contribution < -0.4 is 10.2 Å². The summed E-state index contributed by atoms with van der Waals surface area (Å²) in [6, 6.07) is 11.7. The largest absolute Gasteiger partial charge is 0.324 e. The molecule has 0 aliphatic carbocycles. The van der Waals surface area contributed by atoms with Gasteiger partial charge in [-0.25, -0.2) is 4.90 Å². The van der Waals surface area contributed by atoms with Crippen molar-refractivity contribution in [3.63, 3.8) is 0 Å². The number of imide groups is 1. The highest BCUT2D eigenvalue weighted by atomic mass is 35.5. The molecule has 3 amide bonds. The SMILES string of the molecule is O=C1[C@@H]2[C@@H](C(=O)N1c1ccc(Cl)cc1)[C@]1(C(=O)Nc3ccc(Cl)cc31)N1CCC[C@@H]21. The van der Waals surface area contributed by atoms with Crippen LogP contribution in [0.3, 0.4) is 0 Å². The first-order chi connectivity index (χ1) is 14.4. The molecule has 4 aliphatic heterocycles. The predicted octanol–water partition coefficient (Wildman–Crippen LogP) is 3.42. The third kappa shape index (κ3) is 2.06. The summed E-state index contributed by atoms with van der Waals surface area (Å²) in [7, 11) is 0. The lowest BCUT2D eigenvalue weighted by atomic mass is 9.75. The molecule has 30 heavy (non-hydrogen) atoms. The van der Waals surface area contributed by atoms with Crippen molar-refractivity contribution in [2.24, 2.45) is 11.8 Å². The standard InChI is InChI=1S/C22H17Cl2N3O3/c23-11-3-6-13(7-4-11)27-19(28)17-16-2-1-9-26(16)22(18(17)20(27)29)14-10-12(24)5-8-15(14)25-21(22)30/h3-8,10,16-18H,1-2,9H2,(H,25,30)/t16-,17-,18-,22+/m0/s1. The summed E-state index contributed by atoms with van der Waals surface area (Å²) < 4.78 is 0. The Morgan fingerprint density at radius 1 is 0.967 bits per heavy atom. The van der Waals surface area contributed by atoms with E-state index in [1.54, 1.807) is 42.5 Å². The first kappa shape index (κ1) is 18.4. The number of carbonyl (C=O) groups excluding carboxylic acids is 3. The van der Waals surface area contributed by atoms with Crippen molar-refractivity contribution in [1.82, 2.24) is 4.90 Å².